The molecular formula is C11H13N3O2S2. The van der Waals surface area contributed by atoms with E-state index in [9.17, 15) is 8.42 Å². The van der Waals surface area contributed by atoms with Gasteiger partial charge >= 0.3 is 0 Å². The number of nitrogen functional groups attached to an aromatic ring is 1. The van der Waals surface area contributed by atoms with Crippen molar-refractivity contribution < 1.29 is 8.42 Å². The molecule has 0 unspecified atom stereocenters. The van der Waals surface area contributed by atoms with Crippen LogP contribution in [0.1, 0.15) is 5.69 Å². The van der Waals surface area contributed by atoms with E-state index in [1.807, 2.05) is 6.07 Å². The van der Waals surface area contributed by atoms with Gasteiger partial charge in [-0.3, -0.25) is 4.31 Å². The molecule has 1 aromatic carbocycles. The van der Waals surface area contributed by atoms with Gasteiger partial charge in [0, 0.05) is 7.05 Å². The van der Waals surface area contributed by atoms with Gasteiger partial charge in [-0.2, -0.15) is 0 Å². The molecule has 2 N–H and O–H groups in total. The van der Waals surface area contributed by atoms with E-state index in [1.54, 1.807) is 31.2 Å². The fraction of sp³-hybridized carbons (Fsp3) is 0.182. The monoisotopic (exact) mass is 283 g/mol. The second-order valence-corrected chi connectivity index (χ2v) is 6.93. The van der Waals surface area contributed by atoms with Gasteiger partial charge in [0.2, 0.25) is 0 Å². The first kappa shape index (κ1) is 12.8. The molecule has 0 radical (unpaired) electrons. The molecule has 1 heterocycles. The van der Waals surface area contributed by atoms with Crippen molar-refractivity contribution in [2.75, 3.05) is 17.1 Å². The highest BCUT2D eigenvalue weighted by atomic mass is 32.2. The van der Waals surface area contributed by atoms with Crippen molar-refractivity contribution in [3.63, 3.8) is 0 Å². The lowest BCUT2D eigenvalue weighted by molar-refractivity contribution is 0.595. The number of sulfonamides is 1. The van der Waals surface area contributed by atoms with Crippen LogP contribution >= 0.6 is 11.3 Å². The SMILES string of the molecule is Cc1nc(N)sc1S(=O)(=O)N(C)c1ccccc1. The van der Waals surface area contributed by atoms with Crippen LogP contribution in [0.2, 0.25) is 0 Å². The summed E-state index contributed by atoms with van der Waals surface area (Å²) in [5.41, 5.74) is 6.57. The predicted molar refractivity (Wildman–Crippen MR) is 73.3 cm³/mol. The van der Waals surface area contributed by atoms with E-state index in [0.717, 1.165) is 11.3 Å². The molecule has 0 aliphatic rings. The lowest BCUT2D eigenvalue weighted by Crippen LogP contribution is -2.26. The molecule has 7 heteroatoms. The summed E-state index contributed by atoms with van der Waals surface area (Å²) in [5, 5.41) is 0.257. The molecule has 0 saturated carbocycles. The second-order valence-electron chi connectivity index (χ2n) is 3.73. The molecule has 0 spiro atoms. The summed E-state index contributed by atoms with van der Waals surface area (Å²) in [6, 6.07) is 8.87. The third-order valence-corrected chi connectivity index (χ3v) is 5.84. The van der Waals surface area contributed by atoms with E-state index in [4.69, 9.17) is 5.73 Å². The quantitative estimate of drug-likeness (QED) is 0.932. The predicted octanol–water partition coefficient (Wildman–Crippen LogP) is 1.86. The molecule has 0 aliphatic carbocycles. The molecule has 2 aromatic rings. The molecule has 2 rings (SSSR count). The summed E-state index contributed by atoms with van der Waals surface area (Å²) >= 11 is 0.981. The van der Waals surface area contributed by atoms with Gasteiger partial charge in [0.25, 0.3) is 10.0 Å². The maximum absolute atomic E-state index is 12.4. The van der Waals surface area contributed by atoms with Gasteiger partial charge in [0.15, 0.2) is 9.34 Å². The maximum Gasteiger partial charge on any atom is 0.275 e. The van der Waals surface area contributed by atoms with Crippen molar-refractivity contribution in [2.24, 2.45) is 0 Å². The molecule has 5 nitrogen and oxygen atoms in total. The van der Waals surface area contributed by atoms with Crippen molar-refractivity contribution in [2.45, 2.75) is 11.1 Å². The average Bonchev–Trinajstić information content (AvgIpc) is 2.69. The molecule has 0 bridgehead atoms. The largest absolute Gasteiger partial charge is 0.375 e. The van der Waals surface area contributed by atoms with Crippen molar-refractivity contribution in [3.8, 4) is 0 Å². The van der Waals surface area contributed by atoms with Crippen LogP contribution in [0, 0.1) is 6.92 Å². The third kappa shape index (κ3) is 2.19. The maximum atomic E-state index is 12.4. The Morgan fingerprint density at radius 2 is 1.89 bits per heavy atom. The molecule has 0 atom stereocenters. The third-order valence-electron chi connectivity index (χ3n) is 2.49. The lowest BCUT2D eigenvalue weighted by Gasteiger charge is -2.18. The van der Waals surface area contributed by atoms with Gasteiger partial charge in [-0.25, -0.2) is 13.4 Å². The van der Waals surface area contributed by atoms with Gasteiger partial charge in [0.1, 0.15) is 0 Å². The van der Waals surface area contributed by atoms with Crippen LogP contribution < -0.4 is 10.0 Å². The zero-order valence-corrected chi connectivity index (χ0v) is 11.6. The second kappa shape index (κ2) is 4.58. The first-order valence-corrected chi connectivity index (χ1v) is 7.45. The van der Waals surface area contributed by atoms with E-state index < -0.39 is 10.0 Å². The number of hydrogen-bond donors (Lipinski definition) is 1. The summed E-state index contributed by atoms with van der Waals surface area (Å²) in [6.45, 7) is 1.64. The topological polar surface area (TPSA) is 76.3 Å². The Kier molecular flexibility index (Phi) is 3.27. The number of thiazole rings is 1. The first-order chi connectivity index (χ1) is 8.43. The number of aromatic nitrogens is 1. The minimum absolute atomic E-state index is 0.186. The number of aryl methyl sites for hydroxylation is 1. The minimum atomic E-state index is -3.59. The molecule has 0 fully saturated rings. The van der Waals surface area contributed by atoms with Crippen LogP contribution in [0.3, 0.4) is 0 Å². The van der Waals surface area contributed by atoms with E-state index in [-0.39, 0.29) is 9.34 Å². The molecular weight excluding hydrogens is 270 g/mol. The van der Waals surface area contributed by atoms with Gasteiger partial charge in [-0.1, -0.05) is 29.5 Å². The molecule has 0 aliphatic heterocycles. The Hall–Kier alpha value is -1.60. The number of benzene rings is 1. The smallest absolute Gasteiger partial charge is 0.275 e. The number of hydrogen-bond acceptors (Lipinski definition) is 5. The fourth-order valence-electron chi connectivity index (χ4n) is 1.54. The fourth-order valence-corrected chi connectivity index (χ4v) is 4.19. The van der Waals surface area contributed by atoms with Crippen molar-refractivity contribution in [3.05, 3.63) is 36.0 Å². The zero-order chi connectivity index (χ0) is 13.3. The van der Waals surface area contributed by atoms with Gasteiger partial charge in [-0.05, 0) is 19.1 Å². The summed E-state index contributed by atoms with van der Waals surface area (Å²) in [6.07, 6.45) is 0. The molecule has 0 saturated heterocycles. The molecule has 0 amide bonds. The molecule has 96 valence electrons. The Morgan fingerprint density at radius 1 is 1.28 bits per heavy atom. The summed E-state index contributed by atoms with van der Waals surface area (Å²) < 4.78 is 26.2. The Labute approximate surface area is 110 Å². The minimum Gasteiger partial charge on any atom is -0.375 e. The number of anilines is 2. The van der Waals surface area contributed by atoms with Crippen molar-refractivity contribution in [1.29, 1.82) is 0 Å². The van der Waals surface area contributed by atoms with E-state index >= 15 is 0 Å². The van der Waals surface area contributed by atoms with Crippen molar-refractivity contribution >= 4 is 32.2 Å². The van der Waals surface area contributed by atoms with Gasteiger partial charge < -0.3 is 5.73 Å². The normalized spacial score (nSPS) is 11.4. The van der Waals surface area contributed by atoms with E-state index in [0.29, 0.717) is 11.4 Å². The molecule has 18 heavy (non-hydrogen) atoms. The Morgan fingerprint density at radius 3 is 2.39 bits per heavy atom. The van der Waals surface area contributed by atoms with Crippen molar-refractivity contribution in [1.82, 2.24) is 4.98 Å². The highest BCUT2D eigenvalue weighted by Gasteiger charge is 2.26. The van der Waals surface area contributed by atoms with Crippen LogP contribution in [-0.2, 0) is 10.0 Å². The van der Waals surface area contributed by atoms with Gasteiger partial charge in [0.05, 0.1) is 11.4 Å². The summed E-state index contributed by atoms with van der Waals surface area (Å²) in [4.78, 5) is 3.94. The number of para-hydroxylation sites is 1. The Balaban J connectivity index is 2.47. The average molecular weight is 283 g/mol. The molecule has 1 aromatic heterocycles. The standard InChI is InChI=1S/C11H13N3O2S2/c1-8-10(17-11(12)13-8)18(15,16)14(2)9-6-4-3-5-7-9/h3-7H,1-2H3,(H2,12,13). The number of nitrogens with two attached hydrogens (primary N) is 1. The van der Waals surface area contributed by atoms with E-state index in [1.165, 1.54) is 11.4 Å². The lowest BCUT2D eigenvalue weighted by atomic mass is 10.3. The number of nitrogens with zero attached hydrogens (tertiary/aromatic N) is 2. The van der Waals surface area contributed by atoms with Gasteiger partial charge in [-0.15, -0.1) is 0 Å². The summed E-state index contributed by atoms with van der Waals surface area (Å²) in [5.74, 6) is 0. The highest BCUT2D eigenvalue weighted by Crippen LogP contribution is 2.29. The van der Waals surface area contributed by atoms with Crippen LogP contribution in [-0.4, -0.2) is 20.4 Å². The first-order valence-electron chi connectivity index (χ1n) is 5.20. The van der Waals surface area contributed by atoms with Crippen LogP contribution in [0.4, 0.5) is 10.8 Å². The summed E-state index contributed by atoms with van der Waals surface area (Å²) in [7, 11) is -2.08. The van der Waals surface area contributed by atoms with Crippen LogP contribution in [0.5, 0.6) is 0 Å². The Bertz CT molecular complexity index is 650. The zero-order valence-electron chi connectivity index (χ0n) is 9.99. The highest BCUT2D eigenvalue weighted by molar-refractivity contribution is 7.94. The van der Waals surface area contributed by atoms with Crippen LogP contribution in [0.25, 0.3) is 0 Å². The number of rotatable bonds is 3. The van der Waals surface area contributed by atoms with E-state index in [2.05, 4.69) is 4.98 Å². The van der Waals surface area contributed by atoms with Crippen LogP contribution in [0.15, 0.2) is 34.5 Å².